The van der Waals surface area contributed by atoms with Crippen molar-refractivity contribution < 1.29 is 18.7 Å². The number of carbonyl (C=O) groups excluding carboxylic acids is 1. The van der Waals surface area contributed by atoms with E-state index in [0.717, 1.165) is 12.0 Å². The zero-order valence-electron chi connectivity index (χ0n) is 13.3. The molecule has 3 rings (SSSR count). The van der Waals surface area contributed by atoms with Crippen LogP contribution in [0.25, 0.3) is 0 Å². The third kappa shape index (κ3) is 3.03. The minimum atomic E-state index is -0.467. The van der Waals surface area contributed by atoms with E-state index in [-0.39, 0.29) is 11.9 Å². The number of hydrogen-bond donors (Lipinski definition) is 0. The van der Waals surface area contributed by atoms with Gasteiger partial charge in [0.25, 0.3) is 0 Å². The SMILES string of the molecule is CC(C)(C)OC(=O)N1CC(C2CCOc3cc(F)ccc32)C1. The van der Waals surface area contributed by atoms with Crippen LogP contribution in [0.15, 0.2) is 18.2 Å². The molecule has 22 heavy (non-hydrogen) atoms. The number of benzene rings is 1. The lowest BCUT2D eigenvalue weighted by atomic mass is 9.78. The Bertz CT molecular complexity index is 576. The highest BCUT2D eigenvalue weighted by Gasteiger charge is 2.40. The molecule has 5 heteroatoms. The van der Waals surface area contributed by atoms with Crippen molar-refractivity contribution in [1.82, 2.24) is 4.90 Å². The monoisotopic (exact) mass is 307 g/mol. The molecule has 0 aliphatic carbocycles. The van der Waals surface area contributed by atoms with Gasteiger partial charge in [0, 0.05) is 25.1 Å². The predicted octanol–water partition coefficient (Wildman–Crippen LogP) is 3.56. The lowest BCUT2D eigenvalue weighted by Gasteiger charge is -2.45. The van der Waals surface area contributed by atoms with Crippen molar-refractivity contribution in [2.75, 3.05) is 19.7 Å². The van der Waals surface area contributed by atoms with E-state index in [0.29, 0.717) is 37.3 Å². The summed E-state index contributed by atoms with van der Waals surface area (Å²) in [5, 5.41) is 0. The first-order valence-electron chi connectivity index (χ1n) is 7.74. The average molecular weight is 307 g/mol. The van der Waals surface area contributed by atoms with Gasteiger partial charge in [0.15, 0.2) is 0 Å². The molecule has 120 valence electrons. The van der Waals surface area contributed by atoms with Crippen molar-refractivity contribution in [1.29, 1.82) is 0 Å². The summed E-state index contributed by atoms with van der Waals surface area (Å²) in [5.74, 6) is 1.08. The lowest BCUT2D eigenvalue weighted by molar-refractivity contribution is -0.00716. The highest BCUT2D eigenvalue weighted by molar-refractivity contribution is 5.69. The lowest BCUT2D eigenvalue weighted by Crippen LogP contribution is -2.53. The normalized spacial score (nSPS) is 21.6. The van der Waals surface area contributed by atoms with Crippen LogP contribution >= 0.6 is 0 Å². The van der Waals surface area contributed by atoms with Crippen LogP contribution in [-0.4, -0.2) is 36.3 Å². The average Bonchev–Trinajstić information content (AvgIpc) is 2.34. The molecule has 1 saturated heterocycles. The molecule has 0 spiro atoms. The molecular formula is C17H22FNO3. The Morgan fingerprint density at radius 3 is 2.77 bits per heavy atom. The van der Waals surface area contributed by atoms with Crippen LogP contribution < -0.4 is 4.74 Å². The highest BCUT2D eigenvalue weighted by atomic mass is 19.1. The van der Waals surface area contributed by atoms with E-state index in [1.54, 1.807) is 4.90 Å². The summed E-state index contributed by atoms with van der Waals surface area (Å²) >= 11 is 0. The molecule has 0 bridgehead atoms. The van der Waals surface area contributed by atoms with Gasteiger partial charge in [0.2, 0.25) is 0 Å². The molecule has 2 aliphatic heterocycles. The summed E-state index contributed by atoms with van der Waals surface area (Å²) in [4.78, 5) is 13.7. The van der Waals surface area contributed by atoms with E-state index in [4.69, 9.17) is 9.47 Å². The summed E-state index contributed by atoms with van der Waals surface area (Å²) in [6.45, 7) is 7.58. The molecule has 0 radical (unpaired) electrons. The van der Waals surface area contributed by atoms with Gasteiger partial charge in [0.05, 0.1) is 6.61 Å². The molecule has 1 aromatic carbocycles. The van der Waals surface area contributed by atoms with Gasteiger partial charge in [-0.3, -0.25) is 0 Å². The van der Waals surface area contributed by atoms with Crippen molar-refractivity contribution in [2.24, 2.45) is 5.92 Å². The molecular weight excluding hydrogens is 285 g/mol. The van der Waals surface area contributed by atoms with E-state index >= 15 is 0 Å². The largest absolute Gasteiger partial charge is 0.493 e. The molecule has 1 fully saturated rings. The van der Waals surface area contributed by atoms with Crippen molar-refractivity contribution in [2.45, 2.75) is 38.7 Å². The number of fused-ring (bicyclic) bond motifs is 1. The number of ether oxygens (including phenoxy) is 2. The number of rotatable bonds is 1. The number of hydrogen-bond acceptors (Lipinski definition) is 3. The second kappa shape index (κ2) is 5.45. The first kappa shape index (κ1) is 15.1. The Balaban J connectivity index is 1.64. The fourth-order valence-electron chi connectivity index (χ4n) is 3.12. The molecule has 0 saturated carbocycles. The van der Waals surface area contributed by atoms with Gasteiger partial charge in [-0.05, 0) is 44.7 Å². The van der Waals surface area contributed by atoms with Gasteiger partial charge >= 0.3 is 6.09 Å². The Morgan fingerprint density at radius 2 is 2.09 bits per heavy atom. The zero-order chi connectivity index (χ0) is 15.9. The maximum absolute atomic E-state index is 13.3. The molecule has 4 nitrogen and oxygen atoms in total. The van der Waals surface area contributed by atoms with Gasteiger partial charge in [-0.25, -0.2) is 9.18 Å². The third-order valence-corrected chi connectivity index (χ3v) is 4.19. The van der Waals surface area contributed by atoms with Crippen LogP contribution in [0.5, 0.6) is 5.75 Å². The Hall–Kier alpha value is -1.78. The molecule has 2 aliphatic rings. The topological polar surface area (TPSA) is 38.8 Å². The molecule has 1 unspecified atom stereocenters. The predicted molar refractivity (Wildman–Crippen MR) is 80.6 cm³/mol. The van der Waals surface area contributed by atoms with Gasteiger partial charge < -0.3 is 14.4 Å². The first-order valence-corrected chi connectivity index (χ1v) is 7.74. The molecule has 1 amide bonds. The van der Waals surface area contributed by atoms with Crippen molar-refractivity contribution >= 4 is 6.09 Å². The van der Waals surface area contributed by atoms with Crippen LogP contribution in [0.2, 0.25) is 0 Å². The second-order valence-electron chi connectivity index (χ2n) is 7.07. The van der Waals surface area contributed by atoms with Gasteiger partial charge in [-0.2, -0.15) is 0 Å². The molecule has 0 N–H and O–H groups in total. The minimum Gasteiger partial charge on any atom is -0.493 e. The number of amides is 1. The Morgan fingerprint density at radius 1 is 1.36 bits per heavy atom. The summed E-state index contributed by atoms with van der Waals surface area (Å²) in [6, 6.07) is 4.74. The summed E-state index contributed by atoms with van der Waals surface area (Å²) in [5.41, 5.74) is 0.590. The van der Waals surface area contributed by atoms with Crippen LogP contribution in [0, 0.1) is 11.7 Å². The van der Waals surface area contributed by atoms with Gasteiger partial charge in [-0.1, -0.05) is 6.07 Å². The van der Waals surface area contributed by atoms with Crippen LogP contribution in [0.3, 0.4) is 0 Å². The second-order valence-corrected chi connectivity index (χ2v) is 7.07. The smallest absolute Gasteiger partial charge is 0.410 e. The quantitative estimate of drug-likeness (QED) is 0.796. The number of carbonyl (C=O) groups is 1. The van der Waals surface area contributed by atoms with E-state index in [1.165, 1.54) is 12.1 Å². The maximum Gasteiger partial charge on any atom is 0.410 e. The number of halogens is 1. The number of nitrogens with zero attached hydrogens (tertiary/aromatic N) is 1. The minimum absolute atomic E-state index is 0.255. The molecule has 2 heterocycles. The van der Waals surface area contributed by atoms with Crippen LogP contribution in [0.1, 0.15) is 38.7 Å². The van der Waals surface area contributed by atoms with Gasteiger partial charge in [-0.15, -0.1) is 0 Å². The summed E-state index contributed by atoms with van der Waals surface area (Å²) in [6.07, 6.45) is 0.654. The third-order valence-electron chi connectivity index (χ3n) is 4.19. The van der Waals surface area contributed by atoms with Crippen molar-refractivity contribution in [3.05, 3.63) is 29.6 Å². The fourth-order valence-corrected chi connectivity index (χ4v) is 3.12. The zero-order valence-corrected chi connectivity index (χ0v) is 13.3. The van der Waals surface area contributed by atoms with E-state index in [1.807, 2.05) is 26.8 Å². The van der Waals surface area contributed by atoms with E-state index in [2.05, 4.69) is 0 Å². The number of likely N-dealkylation sites (tertiary alicyclic amines) is 1. The van der Waals surface area contributed by atoms with Crippen molar-refractivity contribution in [3.8, 4) is 5.75 Å². The van der Waals surface area contributed by atoms with E-state index < -0.39 is 5.60 Å². The van der Waals surface area contributed by atoms with Gasteiger partial charge in [0.1, 0.15) is 17.2 Å². The summed E-state index contributed by atoms with van der Waals surface area (Å²) < 4.78 is 24.2. The first-order chi connectivity index (χ1) is 10.3. The van der Waals surface area contributed by atoms with Crippen LogP contribution in [0.4, 0.5) is 9.18 Å². The molecule has 1 atom stereocenters. The van der Waals surface area contributed by atoms with E-state index in [9.17, 15) is 9.18 Å². The fraction of sp³-hybridized carbons (Fsp3) is 0.588. The Kier molecular flexibility index (Phi) is 3.75. The molecule has 1 aromatic rings. The van der Waals surface area contributed by atoms with Crippen LogP contribution in [-0.2, 0) is 4.74 Å². The molecule has 0 aromatic heterocycles. The maximum atomic E-state index is 13.3. The van der Waals surface area contributed by atoms with Crippen molar-refractivity contribution in [3.63, 3.8) is 0 Å². The Labute approximate surface area is 130 Å². The highest BCUT2D eigenvalue weighted by Crippen LogP contribution is 2.42. The summed E-state index contributed by atoms with van der Waals surface area (Å²) in [7, 11) is 0. The standard InChI is InChI=1S/C17H22FNO3/c1-17(2,3)22-16(20)19-9-11(10-19)13-6-7-21-15-8-12(18)4-5-14(13)15/h4-5,8,11,13H,6-7,9-10H2,1-3H3.